The molecule has 0 rings (SSSR count). The van der Waals surface area contributed by atoms with Gasteiger partial charge in [0.05, 0.1) is 6.61 Å². The van der Waals surface area contributed by atoms with Crippen LogP contribution in [0, 0.1) is 33.6 Å². The Morgan fingerprint density at radius 3 is 1.94 bits per heavy atom. The van der Waals surface area contributed by atoms with E-state index in [0.717, 1.165) is 12.8 Å². The number of rotatable bonds is 5. The summed E-state index contributed by atoms with van der Waals surface area (Å²) in [5, 5.41) is 0. The Labute approximate surface area is 131 Å². The second-order valence-corrected chi connectivity index (χ2v) is 7.04. The first kappa shape index (κ1) is 23.7. The maximum absolute atomic E-state index is 10.8. The summed E-state index contributed by atoms with van der Waals surface area (Å²) in [6.45, 7) is 19.8. The minimum absolute atomic E-state index is 0.0818. The average molecular weight is 372 g/mol. The van der Waals surface area contributed by atoms with Crippen LogP contribution in [0.3, 0.4) is 0 Å². The molecule has 0 bridgehead atoms. The van der Waals surface area contributed by atoms with E-state index >= 15 is 0 Å². The summed E-state index contributed by atoms with van der Waals surface area (Å²) in [6.07, 6.45) is 2.59. The Morgan fingerprint density at radius 2 is 1.72 bits per heavy atom. The normalized spacial score (nSPS) is 9.94. The van der Waals surface area contributed by atoms with Gasteiger partial charge in [-0.1, -0.05) is 6.58 Å². The summed E-state index contributed by atoms with van der Waals surface area (Å²) in [6, 6.07) is 0. The van der Waals surface area contributed by atoms with Crippen molar-refractivity contribution in [1.82, 2.24) is 0 Å². The maximum atomic E-state index is 10.8. The number of hydrogen-bond acceptors (Lipinski definition) is 2. The van der Waals surface area contributed by atoms with E-state index in [1.807, 2.05) is 0 Å². The molecule has 2 nitrogen and oxygen atoms in total. The zero-order valence-electron chi connectivity index (χ0n) is 11.0. The first-order chi connectivity index (χ1) is 8.40. The summed E-state index contributed by atoms with van der Waals surface area (Å²) in [5.74, 6) is -0.273. The third-order valence-electron chi connectivity index (χ3n) is 1.46. The monoisotopic (exact) mass is 370 g/mol. The minimum atomic E-state index is -0.826. The third-order valence-corrected chi connectivity index (χ3v) is 1.46. The first-order valence-corrected chi connectivity index (χ1v) is 11.7. The van der Waals surface area contributed by atoms with E-state index in [1.54, 1.807) is 6.92 Å². The number of ether oxygens (including phenoxy) is 1. The molecule has 0 radical (unpaired) electrons. The van der Waals surface area contributed by atoms with Gasteiger partial charge in [-0.3, -0.25) is 0 Å². The fourth-order valence-electron chi connectivity index (χ4n) is 0.400. The third kappa shape index (κ3) is 25.5. The van der Waals surface area contributed by atoms with Gasteiger partial charge in [0.25, 0.3) is 0 Å². The molecule has 5 heteroatoms. The predicted octanol–water partition coefficient (Wildman–Crippen LogP) is 4.59. The van der Waals surface area contributed by atoms with Gasteiger partial charge in [-0.05, 0) is 6.92 Å². The van der Waals surface area contributed by atoms with E-state index in [9.17, 15) is 4.79 Å². The van der Waals surface area contributed by atoms with Crippen LogP contribution in [-0.4, -0.2) is 12.6 Å². The van der Waals surface area contributed by atoms with Crippen molar-refractivity contribution in [3.8, 4) is 0 Å². The van der Waals surface area contributed by atoms with Crippen molar-refractivity contribution in [3.05, 3.63) is 39.8 Å². The van der Waals surface area contributed by atoms with E-state index in [-0.39, 0.29) is 11.9 Å². The molecule has 0 heterocycles. The van der Waals surface area contributed by atoms with Crippen LogP contribution in [0.1, 0.15) is 26.2 Å². The molecule has 0 aromatic rings. The van der Waals surface area contributed by atoms with Crippen LogP contribution < -0.4 is 0 Å². The van der Waals surface area contributed by atoms with E-state index in [1.165, 1.54) is 0 Å². The van der Waals surface area contributed by atoms with Crippen LogP contribution in [0.4, 0.5) is 0 Å². The van der Waals surface area contributed by atoms with Crippen LogP contribution in [0.5, 0.6) is 0 Å². The molecule has 0 aromatic carbocycles. The van der Waals surface area contributed by atoms with Crippen molar-refractivity contribution in [3.63, 3.8) is 0 Å². The topological polar surface area (TPSA) is 26.3 Å². The number of halogens is 2. The van der Waals surface area contributed by atoms with Crippen molar-refractivity contribution < 1.29 is 30.4 Å². The summed E-state index contributed by atoms with van der Waals surface area (Å²) in [7, 11) is 9.87. The summed E-state index contributed by atoms with van der Waals surface area (Å²) in [5.41, 5.74) is 0.418. The standard InChI is InChI=1S/C9H14O2.C4H8.2ClH.Zr/c1-5-8(4)6-11-9(10)7(2)3;1-3-4-2;;;/h8H,1-2,4-6H2,3H3;1-4H2;2*1H;/q2*-2;;;+2/p-2. The van der Waals surface area contributed by atoms with E-state index < -0.39 is 20.8 Å². The van der Waals surface area contributed by atoms with E-state index in [0.29, 0.717) is 18.6 Å². The van der Waals surface area contributed by atoms with Gasteiger partial charge in [0.15, 0.2) is 0 Å². The SMILES string of the molecule is C=C(C)C(=O)OCC([CH2-])C[CH2-].[CH2-]CC[CH2-].[Cl][Zr][Cl]. The zero-order valence-corrected chi connectivity index (χ0v) is 15.0. The van der Waals surface area contributed by atoms with E-state index in [2.05, 4.69) is 34.3 Å². The number of esters is 1. The van der Waals surface area contributed by atoms with Crippen LogP contribution in [0.25, 0.3) is 0 Å². The fourth-order valence-corrected chi connectivity index (χ4v) is 0.400. The van der Waals surface area contributed by atoms with Gasteiger partial charge in [-0.2, -0.15) is 5.92 Å². The Kier molecular flexibility index (Phi) is 26.4. The Balaban J connectivity index is -0.000000266. The molecule has 0 N–H and O–H groups in total. The molecule has 0 fully saturated rings. The number of hydrogen-bond donors (Lipinski definition) is 0. The molecule has 1 atom stereocenters. The molecule has 0 aliphatic carbocycles. The van der Waals surface area contributed by atoms with Crippen LogP contribution in [0.15, 0.2) is 12.2 Å². The summed E-state index contributed by atoms with van der Waals surface area (Å²) < 4.78 is 4.82. The molecule has 0 aliphatic rings. The van der Waals surface area contributed by atoms with E-state index in [4.69, 9.17) is 21.8 Å². The van der Waals surface area contributed by atoms with Crippen molar-refractivity contribution in [1.29, 1.82) is 0 Å². The van der Waals surface area contributed by atoms with Crippen LogP contribution >= 0.6 is 17.0 Å². The van der Waals surface area contributed by atoms with Crippen LogP contribution in [-0.2, 0) is 30.4 Å². The van der Waals surface area contributed by atoms with Gasteiger partial charge >= 0.3 is 43.8 Å². The van der Waals surface area contributed by atoms with Crippen molar-refractivity contribution >= 4 is 23.0 Å². The zero-order chi connectivity index (χ0) is 15.0. The number of carbonyl (C=O) groups excluding carboxylic acids is 1. The molecule has 1 unspecified atom stereocenters. The molecule has 0 saturated carbocycles. The van der Waals surface area contributed by atoms with Gasteiger partial charge in [-0.15, -0.1) is 0 Å². The molecular formula is C13H22Cl2O2Zr-4. The number of unbranched alkanes of at least 4 members (excludes halogenated alkanes) is 1. The predicted molar refractivity (Wildman–Crippen MR) is 76.2 cm³/mol. The summed E-state index contributed by atoms with van der Waals surface area (Å²) in [4.78, 5) is 10.8. The molecule has 0 amide bonds. The van der Waals surface area contributed by atoms with Gasteiger partial charge < -0.3 is 32.4 Å². The molecule has 108 valence electrons. The van der Waals surface area contributed by atoms with Gasteiger partial charge in [-0.25, -0.2) is 24.1 Å². The van der Waals surface area contributed by atoms with Gasteiger partial charge in [0, 0.05) is 5.57 Å². The van der Waals surface area contributed by atoms with Crippen LogP contribution in [0.2, 0.25) is 0 Å². The summed E-state index contributed by atoms with van der Waals surface area (Å²) >= 11 is -0.826. The first-order valence-electron chi connectivity index (χ1n) is 5.40. The quantitative estimate of drug-likeness (QED) is 0.401. The second-order valence-electron chi connectivity index (χ2n) is 3.31. The second kappa shape index (κ2) is 20.0. The molecule has 0 spiro atoms. The molecule has 0 aromatic heterocycles. The Hall–Kier alpha value is 0.673. The molecular weight excluding hydrogens is 350 g/mol. The molecule has 0 saturated heterocycles. The van der Waals surface area contributed by atoms with Gasteiger partial charge in [0.2, 0.25) is 0 Å². The Morgan fingerprint density at radius 1 is 1.33 bits per heavy atom. The Bertz CT molecular complexity index is 197. The van der Waals surface area contributed by atoms with Gasteiger partial charge in [0.1, 0.15) is 0 Å². The fraction of sp³-hybridized carbons (Fsp3) is 0.462. The number of carbonyl (C=O) groups is 1. The van der Waals surface area contributed by atoms with Crippen molar-refractivity contribution in [2.75, 3.05) is 6.61 Å². The van der Waals surface area contributed by atoms with Crippen molar-refractivity contribution in [2.45, 2.75) is 26.2 Å². The van der Waals surface area contributed by atoms with Crippen molar-refractivity contribution in [2.24, 2.45) is 5.92 Å². The molecule has 0 aliphatic heterocycles. The average Bonchev–Trinajstić information content (AvgIpc) is 2.36. The molecule has 18 heavy (non-hydrogen) atoms.